The van der Waals surface area contributed by atoms with Gasteiger partial charge in [-0.2, -0.15) is 0 Å². The molecule has 0 aliphatic carbocycles. The molecule has 2 atom stereocenters. The zero-order valence-corrected chi connectivity index (χ0v) is 14.8. The summed E-state index contributed by atoms with van der Waals surface area (Å²) in [5, 5.41) is 19.1. The first-order chi connectivity index (χ1) is 12.1. The van der Waals surface area contributed by atoms with Crippen LogP contribution in [0, 0.1) is 0 Å². The summed E-state index contributed by atoms with van der Waals surface area (Å²) in [5.74, 6) is -0.407. The van der Waals surface area contributed by atoms with Crippen molar-refractivity contribution in [2.24, 2.45) is 0 Å². The van der Waals surface area contributed by atoms with Gasteiger partial charge in [0.15, 0.2) is 0 Å². The van der Waals surface area contributed by atoms with E-state index in [9.17, 15) is 15.0 Å². The summed E-state index contributed by atoms with van der Waals surface area (Å²) in [7, 11) is 0. The van der Waals surface area contributed by atoms with Crippen LogP contribution in [0.2, 0.25) is 0 Å². The quantitative estimate of drug-likeness (QED) is 0.538. The van der Waals surface area contributed by atoms with Crippen LogP contribution in [0.25, 0.3) is 0 Å². The maximum atomic E-state index is 12.8. The number of phenols is 2. The van der Waals surface area contributed by atoms with Crippen LogP contribution >= 0.6 is 0 Å². The largest absolute Gasteiger partial charge is 0.508 e. The minimum atomic E-state index is -0.452. The predicted molar refractivity (Wildman–Crippen MR) is 97.9 cm³/mol. The minimum absolute atomic E-state index is 0.0701. The second kappa shape index (κ2) is 9.11. The lowest BCUT2D eigenvalue weighted by Crippen LogP contribution is -2.23. The standard InChI is InChI=1S/C21H26O4/c1-3-5-14-25-21(24)20(16-8-12-18(23)13-9-16)19(4-2)15-6-10-17(22)11-7-15/h6-13,19-20,22-23H,3-5,14H2,1-2H3/t19-,20+/m1/s1. The van der Waals surface area contributed by atoms with Gasteiger partial charge in [0.25, 0.3) is 0 Å². The highest BCUT2D eigenvalue weighted by Gasteiger charge is 2.31. The Kier molecular flexibility index (Phi) is 6.87. The smallest absolute Gasteiger partial charge is 0.314 e. The van der Waals surface area contributed by atoms with Crippen LogP contribution in [0.3, 0.4) is 0 Å². The first kappa shape index (κ1) is 18.8. The van der Waals surface area contributed by atoms with Crippen LogP contribution in [-0.4, -0.2) is 22.8 Å². The number of phenolic OH excluding ortho intramolecular Hbond substituents is 2. The monoisotopic (exact) mass is 342 g/mol. The molecule has 0 heterocycles. The Morgan fingerprint density at radius 1 is 0.920 bits per heavy atom. The summed E-state index contributed by atoms with van der Waals surface area (Å²) in [6.45, 7) is 4.50. The minimum Gasteiger partial charge on any atom is -0.508 e. The van der Waals surface area contributed by atoms with Crippen molar-refractivity contribution in [2.75, 3.05) is 6.61 Å². The van der Waals surface area contributed by atoms with Gasteiger partial charge in [-0.3, -0.25) is 4.79 Å². The van der Waals surface area contributed by atoms with Crippen LogP contribution in [0.15, 0.2) is 48.5 Å². The summed E-state index contributed by atoms with van der Waals surface area (Å²) in [6, 6.07) is 13.7. The summed E-state index contributed by atoms with van der Waals surface area (Å²) >= 11 is 0. The normalized spacial score (nSPS) is 13.2. The molecule has 0 amide bonds. The second-order valence-corrected chi connectivity index (χ2v) is 6.20. The Morgan fingerprint density at radius 3 is 1.92 bits per heavy atom. The van der Waals surface area contributed by atoms with Gasteiger partial charge < -0.3 is 14.9 Å². The molecule has 0 saturated heterocycles. The van der Waals surface area contributed by atoms with Crippen molar-refractivity contribution >= 4 is 5.97 Å². The van der Waals surface area contributed by atoms with E-state index in [0.717, 1.165) is 30.4 Å². The molecule has 0 saturated carbocycles. The average Bonchev–Trinajstić information content (AvgIpc) is 2.62. The molecule has 0 fully saturated rings. The van der Waals surface area contributed by atoms with Gasteiger partial charge in [-0.15, -0.1) is 0 Å². The van der Waals surface area contributed by atoms with E-state index in [2.05, 4.69) is 6.92 Å². The molecule has 0 aliphatic rings. The molecular weight excluding hydrogens is 316 g/mol. The van der Waals surface area contributed by atoms with Gasteiger partial charge in [0, 0.05) is 5.92 Å². The Balaban J connectivity index is 2.35. The number of hydrogen-bond acceptors (Lipinski definition) is 4. The van der Waals surface area contributed by atoms with E-state index in [0.29, 0.717) is 6.61 Å². The van der Waals surface area contributed by atoms with Gasteiger partial charge in [0.2, 0.25) is 0 Å². The predicted octanol–water partition coefficient (Wildman–Crippen LogP) is 4.72. The fourth-order valence-electron chi connectivity index (χ4n) is 3.01. The van der Waals surface area contributed by atoms with Gasteiger partial charge >= 0.3 is 5.97 Å². The highest BCUT2D eigenvalue weighted by atomic mass is 16.5. The van der Waals surface area contributed by atoms with E-state index >= 15 is 0 Å². The number of carbonyl (C=O) groups is 1. The van der Waals surface area contributed by atoms with Crippen molar-refractivity contribution in [3.63, 3.8) is 0 Å². The molecule has 0 bridgehead atoms. The molecule has 0 aliphatic heterocycles. The molecule has 2 rings (SSSR count). The molecule has 134 valence electrons. The number of hydrogen-bond donors (Lipinski definition) is 2. The summed E-state index contributed by atoms with van der Waals surface area (Å²) in [6.07, 6.45) is 2.55. The molecular formula is C21H26O4. The Bertz CT molecular complexity index is 661. The van der Waals surface area contributed by atoms with Gasteiger partial charge in [-0.05, 0) is 48.2 Å². The Labute approximate surface area is 149 Å². The topological polar surface area (TPSA) is 66.8 Å². The first-order valence-electron chi connectivity index (χ1n) is 8.81. The molecule has 0 spiro atoms. The van der Waals surface area contributed by atoms with Gasteiger partial charge in [0.1, 0.15) is 11.5 Å². The van der Waals surface area contributed by atoms with Gasteiger partial charge in [0.05, 0.1) is 12.5 Å². The third-order valence-electron chi connectivity index (χ3n) is 4.41. The van der Waals surface area contributed by atoms with E-state index in [-0.39, 0.29) is 23.4 Å². The number of carbonyl (C=O) groups excluding carboxylic acids is 1. The second-order valence-electron chi connectivity index (χ2n) is 6.20. The molecule has 2 N–H and O–H groups in total. The van der Waals surface area contributed by atoms with Crippen molar-refractivity contribution < 1.29 is 19.7 Å². The SMILES string of the molecule is CCCCOC(=O)[C@@H](c1ccc(O)cc1)[C@H](CC)c1ccc(O)cc1. The summed E-state index contributed by atoms with van der Waals surface area (Å²) in [4.78, 5) is 12.8. The number of unbranched alkanes of at least 4 members (excludes halogenated alkanes) is 1. The van der Waals surface area contributed by atoms with Crippen LogP contribution in [-0.2, 0) is 9.53 Å². The fraction of sp³-hybridized carbons (Fsp3) is 0.381. The van der Waals surface area contributed by atoms with Crippen LogP contribution in [0.4, 0.5) is 0 Å². The molecule has 25 heavy (non-hydrogen) atoms. The third-order valence-corrected chi connectivity index (χ3v) is 4.41. The average molecular weight is 342 g/mol. The van der Waals surface area contributed by atoms with Crippen molar-refractivity contribution in [1.29, 1.82) is 0 Å². The number of aromatic hydroxyl groups is 2. The number of rotatable bonds is 8. The van der Waals surface area contributed by atoms with Crippen molar-refractivity contribution in [3.05, 3.63) is 59.7 Å². The maximum absolute atomic E-state index is 12.8. The van der Waals surface area contributed by atoms with Crippen molar-refractivity contribution in [2.45, 2.75) is 44.9 Å². The van der Waals surface area contributed by atoms with E-state index in [4.69, 9.17) is 4.74 Å². The van der Waals surface area contributed by atoms with Gasteiger partial charge in [-0.25, -0.2) is 0 Å². The lowest BCUT2D eigenvalue weighted by molar-refractivity contribution is -0.146. The number of esters is 1. The molecule has 0 aromatic heterocycles. The zero-order valence-electron chi connectivity index (χ0n) is 14.8. The third kappa shape index (κ3) is 4.99. The molecule has 2 aromatic rings. The van der Waals surface area contributed by atoms with Crippen molar-refractivity contribution in [1.82, 2.24) is 0 Å². The molecule has 4 heteroatoms. The first-order valence-corrected chi connectivity index (χ1v) is 8.81. The Morgan fingerprint density at radius 2 is 1.44 bits per heavy atom. The number of benzene rings is 2. The van der Waals surface area contributed by atoms with E-state index < -0.39 is 5.92 Å². The summed E-state index contributed by atoms with van der Waals surface area (Å²) in [5.41, 5.74) is 1.80. The molecule has 0 radical (unpaired) electrons. The molecule has 4 nitrogen and oxygen atoms in total. The highest BCUT2D eigenvalue weighted by Crippen LogP contribution is 2.37. The highest BCUT2D eigenvalue weighted by molar-refractivity contribution is 5.79. The van der Waals surface area contributed by atoms with Crippen molar-refractivity contribution in [3.8, 4) is 11.5 Å². The maximum Gasteiger partial charge on any atom is 0.314 e. The van der Waals surface area contributed by atoms with Gasteiger partial charge in [-0.1, -0.05) is 44.5 Å². The zero-order chi connectivity index (χ0) is 18.2. The lowest BCUT2D eigenvalue weighted by Gasteiger charge is -2.26. The van der Waals surface area contributed by atoms with E-state index in [1.54, 1.807) is 36.4 Å². The van der Waals surface area contributed by atoms with Crippen LogP contribution in [0.1, 0.15) is 56.1 Å². The fourth-order valence-corrected chi connectivity index (χ4v) is 3.01. The molecule has 0 unspecified atom stereocenters. The van der Waals surface area contributed by atoms with E-state index in [1.165, 1.54) is 0 Å². The molecule has 2 aromatic carbocycles. The van der Waals surface area contributed by atoms with Crippen LogP contribution in [0.5, 0.6) is 11.5 Å². The summed E-state index contributed by atoms with van der Waals surface area (Å²) < 4.78 is 5.51. The van der Waals surface area contributed by atoms with Crippen LogP contribution < -0.4 is 0 Å². The lowest BCUT2D eigenvalue weighted by atomic mass is 9.79. The van der Waals surface area contributed by atoms with E-state index in [1.807, 2.05) is 19.1 Å². The number of ether oxygens (including phenoxy) is 1. The Hall–Kier alpha value is -2.49.